The molecule has 0 saturated heterocycles. The maximum absolute atomic E-state index is 4.89. The number of fused-ring (bicyclic) bond motifs is 3. The highest BCUT2D eigenvalue weighted by Crippen LogP contribution is 2.47. The molecule has 0 radical (unpaired) electrons. The Bertz CT molecular complexity index is 780. The van der Waals surface area contributed by atoms with Gasteiger partial charge in [-0.05, 0) is 17.2 Å². The molecule has 2 aromatic carbocycles. The number of aromatic nitrogens is 1. The van der Waals surface area contributed by atoms with Gasteiger partial charge in [-0.2, -0.15) is 0 Å². The minimum Gasteiger partial charge on any atom is -0.247 e. The molecule has 1 unspecified atom stereocenters. The summed E-state index contributed by atoms with van der Waals surface area (Å²) in [4.78, 5) is 5.14. The summed E-state index contributed by atoms with van der Waals surface area (Å²) >= 11 is 3.78. The highest BCUT2D eigenvalue weighted by atomic mass is 79.9. The van der Waals surface area contributed by atoms with E-state index in [1.54, 1.807) is 0 Å². The lowest BCUT2D eigenvalue weighted by atomic mass is 10.1. The second-order valence-electron chi connectivity index (χ2n) is 4.95. The highest BCUT2D eigenvalue weighted by Gasteiger charge is 2.27. The van der Waals surface area contributed by atoms with Crippen molar-refractivity contribution in [2.45, 2.75) is 4.83 Å². The van der Waals surface area contributed by atoms with Gasteiger partial charge in [0.15, 0.2) is 0 Å². The molecule has 2 heteroatoms. The maximum Gasteiger partial charge on any atom is 0.0759 e. The number of pyridine rings is 1. The molecule has 0 bridgehead atoms. The largest absolute Gasteiger partial charge is 0.247 e. The number of alkyl halides is 1. The lowest BCUT2D eigenvalue weighted by Crippen LogP contribution is -1.89. The van der Waals surface area contributed by atoms with Crippen LogP contribution in [0.15, 0.2) is 66.7 Å². The molecule has 4 rings (SSSR count). The summed E-state index contributed by atoms with van der Waals surface area (Å²) < 4.78 is 0. The van der Waals surface area contributed by atoms with Crippen molar-refractivity contribution >= 4 is 15.9 Å². The first kappa shape index (κ1) is 11.9. The van der Waals surface area contributed by atoms with Crippen molar-refractivity contribution < 1.29 is 0 Å². The van der Waals surface area contributed by atoms with E-state index in [9.17, 15) is 0 Å². The third kappa shape index (κ3) is 1.72. The molecule has 1 aliphatic carbocycles. The molecule has 1 aliphatic rings. The van der Waals surface area contributed by atoms with Crippen molar-refractivity contribution in [1.82, 2.24) is 4.98 Å². The normalized spacial score (nSPS) is 15.8. The third-order valence-electron chi connectivity index (χ3n) is 3.76. The van der Waals surface area contributed by atoms with E-state index in [-0.39, 0.29) is 4.83 Å². The van der Waals surface area contributed by atoms with Crippen LogP contribution in [0.1, 0.15) is 16.0 Å². The molecule has 3 aromatic rings. The average Bonchev–Trinajstić information content (AvgIpc) is 2.81. The van der Waals surface area contributed by atoms with E-state index in [1.807, 2.05) is 18.2 Å². The lowest BCUT2D eigenvalue weighted by Gasteiger charge is -2.06. The van der Waals surface area contributed by atoms with Gasteiger partial charge in [-0.1, -0.05) is 76.6 Å². The Hall–Kier alpha value is -1.93. The van der Waals surface area contributed by atoms with E-state index in [0.29, 0.717) is 0 Å². The van der Waals surface area contributed by atoms with Crippen molar-refractivity contribution in [3.8, 4) is 22.5 Å². The van der Waals surface area contributed by atoms with Crippen molar-refractivity contribution in [3.63, 3.8) is 0 Å². The first-order valence-corrected chi connectivity index (χ1v) is 7.56. The third-order valence-corrected chi connectivity index (χ3v) is 4.74. The standard InChI is InChI=1S/C18H12BrN/c19-17-13-8-4-5-9-14(13)18-15(17)10-11-16(20-18)12-6-2-1-3-7-12/h1-11,17H. The van der Waals surface area contributed by atoms with E-state index < -0.39 is 0 Å². The van der Waals surface area contributed by atoms with Crippen LogP contribution in [0.4, 0.5) is 0 Å². The number of hydrogen-bond donors (Lipinski definition) is 0. The molecular weight excluding hydrogens is 310 g/mol. The van der Waals surface area contributed by atoms with E-state index in [0.717, 1.165) is 17.0 Å². The predicted molar refractivity (Wildman–Crippen MR) is 85.9 cm³/mol. The number of halogens is 1. The number of benzene rings is 2. The number of hydrogen-bond acceptors (Lipinski definition) is 1. The van der Waals surface area contributed by atoms with Gasteiger partial charge in [0.05, 0.1) is 16.2 Å². The second kappa shape index (κ2) is 4.57. The summed E-state index contributed by atoms with van der Waals surface area (Å²) in [5, 5.41) is 0. The maximum atomic E-state index is 4.89. The first-order chi connectivity index (χ1) is 9.84. The zero-order chi connectivity index (χ0) is 13.5. The van der Waals surface area contributed by atoms with Gasteiger partial charge in [0.1, 0.15) is 0 Å². The Morgan fingerprint density at radius 1 is 0.750 bits per heavy atom. The van der Waals surface area contributed by atoms with E-state index in [1.165, 1.54) is 16.7 Å². The Morgan fingerprint density at radius 2 is 1.50 bits per heavy atom. The van der Waals surface area contributed by atoms with Crippen LogP contribution >= 0.6 is 15.9 Å². The van der Waals surface area contributed by atoms with Crippen molar-refractivity contribution in [2.24, 2.45) is 0 Å². The molecule has 0 N–H and O–H groups in total. The fourth-order valence-electron chi connectivity index (χ4n) is 2.76. The Kier molecular flexibility index (Phi) is 2.71. The molecule has 1 nitrogen and oxygen atoms in total. The van der Waals surface area contributed by atoms with Gasteiger partial charge in [-0.25, -0.2) is 4.98 Å². The Morgan fingerprint density at radius 3 is 2.35 bits per heavy atom. The second-order valence-corrected chi connectivity index (χ2v) is 5.87. The van der Waals surface area contributed by atoms with Crippen LogP contribution in [-0.4, -0.2) is 4.98 Å². The van der Waals surface area contributed by atoms with Gasteiger partial charge < -0.3 is 0 Å². The minimum absolute atomic E-state index is 0.256. The molecular formula is C18H12BrN. The van der Waals surface area contributed by atoms with Gasteiger partial charge in [0.2, 0.25) is 0 Å². The van der Waals surface area contributed by atoms with Crippen LogP contribution in [0.3, 0.4) is 0 Å². The van der Waals surface area contributed by atoms with Gasteiger partial charge in [-0.15, -0.1) is 0 Å². The monoisotopic (exact) mass is 321 g/mol. The fraction of sp³-hybridized carbons (Fsp3) is 0.0556. The predicted octanol–water partition coefficient (Wildman–Crippen LogP) is 5.21. The lowest BCUT2D eigenvalue weighted by molar-refractivity contribution is 1.22. The van der Waals surface area contributed by atoms with Gasteiger partial charge in [0, 0.05) is 11.1 Å². The van der Waals surface area contributed by atoms with Crippen LogP contribution in [0.5, 0.6) is 0 Å². The van der Waals surface area contributed by atoms with Gasteiger partial charge >= 0.3 is 0 Å². The Labute approximate surface area is 126 Å². The zero-order valence-corrected chi connectivity index (χ0v) is 12.3. The molecule has 96 valence electrons. The molecule has 0 amide bonds. The van der Waals surface area contributed by atoms with Gasteiger partial charge in [-0.3, -0.25) is 0 Å². The summed E-state index contributed by atoms with van der Waals surface area (Å²) in [5.74, 6) is 0. The average molecular weight is 322 g/mol. The summed E-state index contributed by atoms with van der Waals surface area (Å²) in [6, 6.07) is 23.1. The molecule has 20 heavy (non-hydrogen) atoms. The van der Waals surface area contributed by atoms with Gasteiger partial charge in [0.25, 0.3) is 0 Å². The van der Waals surface area contributed by atoms with Crippen molar-refractivity contribution in [3.05, 3.63) is 77.9 Å². The molecule has 1 atom stereocenters. The van der Waals surface area contributed by atoms with Crippen molar-refractivity contribution in [2.75, 3.05) is 0 Å². The Balaban J connectivity index is 1.92. The molecule has 1 aromatic heterocycles. The SMILES string of the molecule is BrC1c2ccccc2-c2nc(-c3ccccc3)ccc21. The molecule has 0 aliphatic heterocycles. The zero-order valence-electron chi connectivity index (χ0n) is 10.8. The number of nitrogens with zero attached hydrogens (tertiary/aromatic N) is 1. The quantitative estimate of drug-likeness (QED) is 0.560. The topological polar surface area (TPSA) is 12.9 Å². The highest BCUT2D eigenvalue weighted by molar-refractivity contribution is 9.09. The van der Waals surface area contributed by atoms with Crippen LogP contribution in [-0.2, 0) is 0 Å². The fourth-order valence-corrected chi connectivity index (χ4v) is 3.53. The van der Waals surface area contributed by atoms with Crippen LogP contribution in [0.2, 0.25) is 0 Å². The van der Waals surface area contributed by atoms with Crippen molar-refractivity contribution in [1.29, 1.82) is 0 Å². The molecule has 0 spiro atoms. The summed E-state index contributed by atoms with van der Waals surface area (Å²) in [7, 11) is 0. The molecule has 1 heterocycles. The van der Waals surface area contributed by atoms with E-state index in [2.05, 4.69) is 64.5 Å². The van der Waals surface area contributed by atoms with Crippen LogP contribution in [0, 0.1) is 0 Å². The summed E-state index contributed by atoms with van der Waals surface area (Å²) in [6.45, 7) is 0. The smallest absolute Gasteiger partial charge is 0.0759 e. The molecule has 0 fully saturated rings. The molecule has 0 saturated carbocycles. The van der Waals surface area contributed by atoms with Crippen LogP contribution in [0.25, 0.3) is 22.5 Å². The van der Waals surface area contributed by atoms with E-state index >= 15 is 0 Å². The summed E-state index contributed by atoms with van der Waals surface area (Å²) in [6.07, 6.45) is 0. The minimum atomic E-state index is 0.256. The first-order valence-electron chi connectivity index (χ1n) is 6.64. The number of rotatable bonds is 1. The van der Waals surface area contributed by atoms with E-state index in [4.69, 9.17) is 4.98 Å². The summed E-state index contributed by atoms with van der Waals surface area (Å²) in [5.41, 5.74) is 7.09. The van der Waals surface area contributed by atoms with Crippen LogP contribution < -0.4 is 0 Å².